The summed E-state index contributed by atoms with van der Waals surface area (Å²) in [6.07, 6.45) is 2.52. The van der Waals surface area contributed by atoms with E-state index in [4.69, 9.17) is 0 Å². The Bertz CT molecular complexity index is 413. The molecule has 4 heteroatoms. The highest BCUT2D eigenvalue weighted by atomic mass is 16.4. The van der Waals surface area contributed by atoms with Gasteiger partial charge in [-0.2, -0.15) is 0 Å². The minimum atomic E-state index is -0.854. The van der Waals surface area contributed by atoms with Gasteiger partial charge in [0.1, 0.15) is 6.04 Å². The molecule has 0 bridgehead atoms. The normalized spacial score (nSPS) is 31.9. The summed E-state index contributed by atoms with van der Waals surface area (Å²) in [7, 11) is 0. The van der Waals surface area contributed by atoms with Gasteiger partial charge in [0.05, 0.1) is 0 Å². The lowest BCUT2D eigenvalue weighted by atomic mass is 9.88. The van der Waals surface area contributed by atoms with Crippen molar-refractivity contribution in [2.75, 3.05) is 6.54 Å². The van der Waals surface area contributed by atoms with E-state index in [2.05, 4.69) is 34.6 Å². The third-order valence-corrected chi connectivity index (χ3v) is 6.12. The first-order chi connectivity index (χ1) is 9.14. The molecule has 1 N–H and O–H groups in total. The van der Waals surface area contributed by atoms with Gasteiger partial charge in [0.2, 0.25) is 5.91 Å². The SMILES string of the molecule is CCC1CCN(C(=O)C2C(C)(C)C2(C)C)C(C(=O)O)C1. The quantitative estimate of drug-likeness (QED) is 0.865. The summed E-state index contributed by atoms with van der Waals surface area (Å²) in [5, 5.41) is 9.44. The smallest absolute Gasteiger partial charge is 0.326 e. The topological polar surface area (TPSA) is 57.6 Å². The molecule has 0 aromatic carbocycles. The molecule has 0 aromatic rings. The lowest BCUT2D eigenvalue weighted by molar-refractivity contribution is -0.154. The largest absolute Gasteiger partial charge is 0.480 e. The molecule has 20 heavy (non-hydrogen) atoms. The second-order valence-corrected chi connectivity index (χ2v) is 7.56. The van der Waals surface area contributed by atoms with Crippen LogP contribution in [0, 0.1) is 22.7 Å². The van der Waals surface area contributed by atoms with Gasteiger partial charge in [-0.05, 0) is 29.6 Å². The first kappa shape index (κ1) is 15.3. The lowest BCUT2D eigenvalue weighted by Gasteiger charge is -2.37. The number of rotatable bonds is 3. The molecule has 1 amide bonds. The van der Waals surface area contributed by atoms with E-state index in [9.17, 15) is 14.7 Å². The Balaban J connectivity index is 2.16. The molecule has 1 saturated heterocycles. The summed E-state index contributed by atoms with van der Waals surface area (Å²) in [5.74, 6) is -0.426. The number of nitrogens with zero attached hydrogens (tertiary/aromatic N) is 1. The average Bonchev–Trinajstić information content (AvgIpc) is 2.78. The van der Waals surface area contributed by atoms with Crippen LogP contribution < -0.4 is 0 Å². The molecule has 1 aliphatic heterocycles. The number of likely N-dealkylation sites (tertiary alicyclic amines) is 1. The van der Waals surface area contributed by atoms with Gasteiger partial charge in [-0.15, -0.1) is 0 Å². The zero-order valence-electron chi connectivity index (χ0n) is 13.3. The van der Waals surface area contributed by atoms with Crippen molar-refractivity contribution in [3.63, 3.8) is 0 Å². The number of piperidine rings is 1. The van der Waals surface area contributed by atoms with E-state index in [1.54, 1.807) is 4.90 Å². The second-order valence-electron chi connectivity index (χ2n) is 7.56. The van der Waals surface area contributed by atoms with E-state index in [1.807, 2.05) is 0 Å². The van der Waals surface area contributed by atoms with Crippen molar-refractivity contribution in [2.24, 2.45) is 22.7 Å². The zero-order valence-corrected chi connectivity index (χ0v) is 13.3. The number of carbonyl (C=O) groups excluding carboxylic acids is 1. The van der Waals surface area contributed by atoms with Crippen molar-refractivity contribution in [3.8, 4) is 0 Å². The molecule has 114 valence electrons. The fraction of sp³-hybridized carbons (Fsp3) is 0.875. The summed E-state index contributed by atoms with van der Waals surface area (Å²) in [6.45, 7) is 11.1. The number of hydrogen-bond donors (Lipinski definition) is 1. The predicted molar refractivity (Wildman–Crippen MR) is 77.2 cm³/mol. The Morgan fingerprint density at radius 2 is 1.75 bits per heavy atom. The lowest BCUT2D eigenvalue weighted by Crippen LogP contribution is -2.51. The summed E-state index contributed by atoms with van der Waals surface area (Å²) >= 11 is 0. The zero-order chi connectivity index (χ0) is 15.3. The number of amides is 1. The average molecular weight is 281 g/mol. The molecule has 2 unspecified atom stereocenters. The van der Waals surface area contributed by atoms with Crippen LogP contribution in [0.4, 0.5) is 0 Å². The van der Waals surface area contributed by atoms with Crippen LogP contribution in [0.5, 0.6) is 0 Å². The molecule has 1 saturated carbocycles. The maximum absolute atomic E-state index is 12.8. The molecule has 2 rings (SSSR count). The Kier molecular flexibility index (Phi) is 3.64. The van der Waals surface area contributed by atoms with Crippen molar-refractivity contribution >= 4 is 11.9 Å². The molecule has 1 heterocycles. The fourth-order valence-electron chi connectivity index (χ4n) is 3.89. The number of hydrogen-bond acceptors (Lipinski definition) is 2. The Hall–Kier alpha value is -1.06. The summed E-state index contributed by atoms with van der Waals surface area (Å²) < 4.78 is 0. The standard InChI is InChI=1S/C16H27NO3/c1-6-10-7-8-17(11(9-10)14(19)20)13(18)12-15(2,3)16(12,4)5/h10-12H,6-9H2,1-5H3,(H,19,20). The monoisotopic (exact) mass is 281 g/mol. The number of aliphatic carboxylic acids is 1. The van der Waals surface area contributed by atoms with Gasteiger partial charge < -0.3 is 10.0 Å². The van der Waals surface area contributed by atoms with Crippen molar-refractivity contribution in [3.05, 3.63) is 0 Å². The summed E-state index contributed by atoms with van der Waals surface area (Å²) in [5.41, 5.74) is -0.0660. The molecule has 2 aliphatic rings. The third kappa shape index (κ3) is 2.13. The van der Waals surface area contributed by atoms with Gasteiger partial charge in [-0.1, -0.05) is 41.0 Å². The molecule has 1 aliphatic carbocycles. The van der Waals surface area contributed by atoms with Crippen LogP contribution in [0.3, 0.4) is 0 Å². The predicted octanol–water partition coefficient (Wildman–Crippen LogP) is 2.77. The van der Waals surface area contributed by atoms with Gasteiger partial charge in [-0.3, -0.25) is 4.79 Å². The third-order valence-electron chi connectivity index (χ3n) is 6.12. The molecular weight excluding hydrogens is 254 g/mol. The molecule has 0 aromatic heterocycles. The molecule has 0 radical (unpaired) electrons. The molecular formula is C16H27NO3. The minimum absolute atomic E-state index is 0.0330. The summed E-state index contributed by atoms with van der Waals surface area (Å²) in [6, 6.07) is -0.631. The van der Waals surface area contributed by atoms with Crippen LogP contribution in [0.1, 0.15) is 53.9 Å². The van der Waals surface area contributed by atoms with Crippen LogP contribution in [0.15, 0.2) is 0 Å². The van der Waals surface area contributed by atoms with Crippen LogP contribution in [0.2, 0.25) is 0 Å². The van der Waals surface area contributed by atoms with Gasteiger partial charge in [-0.25, -0.2) is 4.79 Å². The van der Waals surface area contributed by atoms with E-state index >= 15 is 0 Å². The van der Waals surface area contributed by atoms with Crippen LogP contribution in [-0.4, -0.2) is 34.5 Å². The van der Waals surface area contributed by atoms with Crippen molar-refractivity contribution in [1.29, 1.82) is 0 Å². The molecule has 2 atom stereocenters. The molecule has 4 nitrogen and oxygen atoms in total. The van der Waals surface area contributed by atoms with Crippen LogP contribution >= 0.6 is 0 Å². The highest BCUT2D eigenvalue weighted by Gasteiger charge is 2.69. The summed E-state index contributed by atoms with van der Waals surface area (Å²) in [4.78, 5) is 25.9. The molecule has 2 fully saturated rings. The van der Waals surface area contributed by atoms with Gasteiger partial charge in [0.15, 0.2) is 0 Å². The molecule has 0 spiro atoms. The number of carboxylic acid groups (broad SMARTS) is 1. The van der Waals surface area contributed by atoms with E-state index < -0.39 is 12.0 Å². The van der Waals surface area contributed by atoms with E-state index in [0.29, 0.717) is 18.9 Å². The van der Waals surface area contributed by atoms with E-state index in [0.717, 1.165) is 12.8 Å². The van der Waals surface area contributed by atoms with Gasteiger partial charge >= 0.3 is 5.97 Å². The van der Waals surface area contributed by atoms with Crippen LogP contribution in [0.25, 0.3) is 0 Å². The van der Waals surface area contributed by atoms with E-state index in [1.165, 1.54) is 0 Å². The van der Waals surface area contributed by atoms with Crippen molar-refractivity contribution in [1.82, 2.24) is 4.90 Å². The highest BCUT2D eigenvalue weighted by molar-refractivity contribution is 5.88. The highest BCUT2D eigenvalue weighted by Crippen LogP contribution is 2.69. The first-order valence-corrected chi connectivity index (χ1v) is 7.67. The Labute approximate surface area is 121 Å². The number of carbonyl (C=O) groups is 2. The van der Waals surface area contributed by atoms with Gasteiger partial charge in [0, 0.05) is 12.5 Å². The Morgan fingerprint density at radius 3 is 2.15 bits per heavy atom. The second kappa shape index (κ2) is 4.74. The van der Waals surface area contributed by atoms with E-state index in [-0.39, 0.29) is 22.7 Å². The Morgan fingerprint density at radius 1 is 1.20 bits per heavy atom. The number of carboxylic acids is 1. The minimum Gasteiger partial charge on any atom is -0.480 e. The van der Waals surface area contributed by atoms with Crippen molar-refractivity contribution < 1.29 is 14.7 Å². The van der Waals surface area contributed by atoms with Crippen LogP contribution in [-0.2, 0) is 9.59 Å². The first-order valence-electron chi connectivity index (χ1n) is 7.67. The van der Waals surface area contributed by atoms with Gasteiger partial charge in [0.25, 0.3) is 0 Å². The van der Waals surface area contributed by atoms with Crippen molar-refractivity contribution in [2.45, 2.75) is 59.9 Å². The maximum atomic E-state index is 12.8. The maximum Gasteiger partial charge on any atom is 0.326 e. The fourth-order valence-corrected chi connectivity index (χ4v) is 3.89.